The summed E-state index contributed by atoms with van der Waals surface area (Å²) in [5.74, 6) is 1.39. The highest BCUT2D eigenvalue weighted by atomic mass is 35.5. The molecule has 1 heterocycles. The van der Waals surface area contributed by atoms with Crippen LogP contribution in [0.15, 0.2) is 6.07 Å². The maximum Gasteiger partial charge on any atom is 0.158 e. The molecule has 102 valence electrons. The fourth-order valence-corrected chi connectivity index (χ4v) is 1.81. The number of hydrogen-bond acceptors (Lipinski definition) is 5. The fourth-order valence-electron chi connectivity index (χ4n) is 1.62. The van der Waals surface area contributed by atoms with Crippen LogP contribution >= 0.6 is 11.6 Å². The summed E-state index contributed by atoms with van der Waals surface area (Å²) < 4.78 is 10.1. The standard InChI is InChI=1S/C12H20ClN3O2/c1-9(2)16(5-6-17-3)12-7-10(13)14-11(15-12)8-18-4/h7,9H,5-6,8H2,1-4H3. The SMILES string of the molecule is COCCN(c1cc(Cl)nc(COC)n1)C(C)C. The van der Waals surface area contributed by atoms with Gasteiger partial charge >= 0.3 is 0 Å². The van der Waals surface area contributed by atoms with Gasteiger partial charge in [-0.25, -0.2) is 9.97 Å². The summed E-state index contributed by atoms with van der Waals surface area (Å²) in [6.45, 7) is 5.94. The Morgan fingerprint density at radius 2 is 2.00 bits per heavy atom. The van der Waals surface area contributed by atoms with Crippen LogP contribution in [0.25, 0.3) is 0 Å². The Balaban J connectivity index is 2.95. The summed E-state index contributed by atoms with van der Waals surface area (Å²) in [5.41, 5.74) is 0. The molecule has 0 unspecified atom stereocenters. The predicted molar refractivity (Wildman–Crippen MR) is 72.1 cm³/mol. The van der Waals surface area contributed by atoms with Gasteiger partial charge in [0.2, 0.25) is 0 Å². The third-order valence-corrected chi connectivity index (χ3v) is 2.65. The molecule has 0 aliphatic rings. The first-order valence-corrected chi connectivity index (χ1v) is 6.24. The zero-order chi connectivity index (χ0) is 13.5. The summed E-state index contributed by atoms with van der Waals surface area (Å²) in [6.07, 6.45) is 0. The highest BCUT2D eigenvalue weighted by molar-refractivity contribution is 6.29. The molecule has 0 spiro atoms. The van der Waals surface area contributed by atoms with Crippen LogP contribution in [-0.4, -0.2) is 43.4 Å². The molecule has 1 rings (SSSR count). The van der Waals surface area contributed by atoms with Crippen LogP contribution in [0, 0.1) is 0 Å². The normalized spacial score (nSPS) is 11.0. The molecule has 18 heavy (non-hydrogen) atoms. The molecule has 1 aromatic rings. The number of nitrogens with zero attached hydrogens (tertiary/aromatic N) is 3. The fraction of sp³-hybridized carbons (Fsp3) is 0.667. The molecule has 0 saturated carbocycles. The molecular formula is C12H20ClN3O2. The van der Waals surface area contributed by atoms with E-state index in [1.807, 2.05) is 0 Å². The minimum absolute atomic E-state index is 0.307. The molecule has 0 radical (unpaired) electrons. The van der Waals surface area contributed by atoms with Crippen LogP contribution in [0.5, 0.6) is 0 Å². The minimum Gasteiger partial charge on any atom is -0.383 e. The van der Waals surface area contributed by atoms with Crippen molar-refractivity contribution in [2.75, 3.05) is 32.3 Å². The van der Waals surface area contributed by atoms with Gasteiger partial charge < -0.3 is 14.4 Å². The number of aromatic nitrogens is 2. The summed E-state index contributed by atoms with van der Waals surface area (Å²) in [4.78, 5) is 10.7. The first kappa shape index (κ1) is 15.1. The lowest BCUT2D eigenvalue weighted by molar-refractivity contribution is 0.177. The Bertz CT molecular complexity index is 374. The number of hydrogen-bond donors (Lipinski definition) is 0. The van der Waals surface area contributed by atoms with Crippen LogP contribution in [0.2, 0.25) is 5.15 Å². The average Bonchev–Trinajstić information content (AvgIpc) is 2.28. The molecular weight excluding hydrogens is 254 g/mol. The topological polar surface area (TPSA) is 47.5 Å². The van der Waals surface area contributed by atoms with Crippen LogP contribution in [0.4, 0.5) is 5.82 Å². The molecule has 6 heteroatoms. The summed E-state index contributed by atoms with van der Waals surface area (Å²) in [6, 6.07) is 2.07. The lowest BCUT2D eigenvalue weighted by Gasteiger charge is -2.27. The lowest BCUT2D eigenvalue weighted by Crippen LogP contribution is -2.34. The highest BCUT2D eigenvalue weighted by Crippen LogP contribution is 2.18. The average molecular weight is 274 g/mol. The molecule has 0 aliphatic carbocycles. The number of rotatable bonds is 7. The third-order valence-electron chi connectivity index (χ3n) is 2.46. The number of ether oxygens (including phenoxy) is 2. The lowest BCUT2D eigenvalue weighted by atomic mass is 10.3. The Morgan fingerprint density at radius 3 is 2.56 bits per heavy atom. The zero-order valence-electron chi connectivity index (χ0n) is 11.3. The first-order valence-electron chi connectivity index (χ1n) is 5.86. The van der Waals surface area contributed by atoms with Gasteiger partial charge in [-0.1, -0.05) is 11.6 Å². The van der Waals surface area contributed by atoms with Crippen LogP contribution in [0.3, 0.4) is 0 Å². The van der Waals surface area contributed by atoms with Crippen molar-refractivity contribution in [2.24, 2.45) is 0 Å². The molecule has 0 aromatic carbocycles. The van der Waals surface area contributed by atoms with Crippen LogP contribution < -0.4 is 4.90 Å². The van der Waals surface area contributed by atoms with Crippen molar-refractivity contribution in [1.29, 1.82) is 0 Å². The smallest absolute Gasteiger partial charge is 0.158 e. The van der Waals surface area contributed by atoms with E-state index in [9.17, 15) is 0 Å². The van der Waals surface area contributed by atoms with Crippen molar-refractivity contribution in [3.63, 3.8) is 0 Å². The van der Waals surface area contributed by atoms with E-state index in [0.717, 1.165) is 12.4 Å². The summed E-state index contributed by atoms with van der Waals surface area (Å²) in [7, 11) is 3.29. The Morgan fingerprint density at radius 1 is 1.28 bits per heavy atom. The maximum atomic E-state index is 6.00. The Labute approximate surface area is 113 Å². The molecule has 0 saturated heterocycles. The molecule has 0 fully saturated rings. The van der Waals surface area contributed by atoms with Gasteiger partial charge in [0.25, 0.3) is 0 Å². The van der Waals surface area contributed by atoms with E-state index in [1.54, 1.807) is 20.3 Å². The van der Waals surface area contributed by atoms with E-state index in [-0.39, 0.29) is 0 Å². The molecule has 0 bridgehead atoms. The zero-order valence-corrected chi connectivity index (χ0v) is 12.1. The van der Waals surface area contributed by atoms with Crippen molar-refractivity contribution in [1.82, 2.24) is 9.97 Å². The second kappa shape index (κ2) is 7.51. The van der Waals surface area contributed by atoms with Crippen molar-refractivity contribution in [3.05, 3.63) is 17.0 Å². The third kappa shape index (κ3) is 4.40. The molecule has 0 amide bonds. The van der Waals surface area contributed by atoms with Crippen molar-refractivity contribution >= 4 is 17.4 Å². The van der Waals surface area contributed by atoms with Gasteiger partial charge in [0, 0.05) is 32.9 Å². The number of halogens is 1. The van der Waals surface area contributed by atoms with Gasteiger partial charge in [0.05, 0.1) is 6.61 Å². The second-order valence-electron chi connectivity index (χ2n) is 4.18. The summed E-state index contributed by atoms with van der Waals surface area (Å²) in [5, 5.41) is 0.426. The van der Waals surface area contributed by atoms with Crippen molar-refractivity contribution in [2.45, 2.75) is 26.5 Å². The van der Waals surface area contributed by atoms with Crippen molar-refractivity contribution in [3.8, 4) is 0 Å². The van der Waals surface area contributed by atoms with E-state index < -0.39 is 0 Å². The van der Waals surface area contributed by atoms with Crippen LogP contribution in [-0.2, 0) is 16.1 Å². The summed E-state index contributed by atoms with van der Waals surface area (Å²) >= 11 is 6.00. The highest BCUT2D eigenvalue weighted by Gasteiger charge is 2.14. The van der Waals surface area contributed by atoms with Gasteiger partial charge in [-0.3, -0.25) is 0 Å². The Hall–Kier alpha value is -0.910. The first-order chi connectivity index (χ1) is 8.58. The predicted octanol–water partition coefficient (Wildman–Crippen LogP) is 2.14. The largest absolute Gasteiger partial charge is 0.383 e. The van der Waals surface area contributed by atoms with Crippen LogP contribution in [0.1, 0.15) is 19.7 Å². The van der Waals surface area contributed by atoms with E-state index in [1.165, 1.54) is 0 Å². The molecule has 0 aliphatic heterocycles. The number of methoxy groups -OCH3 is 2. The Kier molecular flexibility index (Phi) is 6.32. The maximum absolute atomic E-state index is 6.00. The second-order valence-corrected chi connectivity index (χ2v) is 4.57. The van der Waals surface area contributed by atoms with Crippen molar-refractivity contribution < 1.29 is 9.47 Å². The quantitative estimate of drug-likeness (QED) is 0.713. The monoisotopic (exact) mass is 273 g/mol. The van der Waals surface area contributed by atoms with E-state index in [2.05, 4.69) is 28.7 Å². The van der Waals surface area contributed by atoms with Gasteiger partial charge in [-0.05, 0) is 13.8 Å². The van der Waals surface area contributed by atoms with Gasteiger partial charge in [-0.2, -0.15) is 0 Å². The van der Waals surface area contributed by atoms with E-state index in [0.29, 0.717) is 30.2 Å². The molecule has 5 nitrogen and oxygen atoms in total. The molecule has 0 atom stereocenters. The van der Waals surface area contributed by atoms with E-state index in [4.69, 9.17) is 21.1 Å². The van der Waals surface area contributed by atoms with E-state index >= 15 is 0 Å². The van der Waals surface area contributed by atoms with Gasteiger partial charge in [0.15, 0.2) is 5.82 Å². The molecule has 1 aromatic heterocycles. The van der Waals surface area contributed by atoms with Gasteiger partial charge in [0.1, 0.15) is 17.6 Å². The van der Waals surface area contributed by atoms with Gasteiger partial charge in [-0.15, -0.1) is 0 Å². The number of anilines is 1. The molecule has 0 N–H and O–H groups in total. The minimum atomic E-state index is 0.307.